The molecular weight excluding hydrogens is 256 g/mol. The average molecular weight is 295 g/mol. The first-order valence-corrected chi connectivity index (χ1v) is 9.51. The fraction of sp³-hybridized carbons (Fsp3) is 1.00. The maximum absolute atomic E-state index is 3.93. The van der Waals surface area contributed by atoms with E-state index in [4.69, 9.17) is 0 Å². The van der Waals surface area contributed by atoms with Crippen molar-refractivity contribution in [2.75, 3.05) is 26.2 Å². The summed E-state index contributed by atoms with van der Waals surface area (Å²) in [5.41, 5.74) is 1.15. The molecule has 1 saturated carbocycles. The maximum atomic E-state index is 3.93. The SMILES string of the molecule is CCCC1(CNCC2(CC(C)C)CCCC2)CCCNC1. The van der Waals surface area contributed by atoms with Crippen LogP contribution in [-0.4, -0.2) is 26.2 Å². The Balaban J connectivity index is 1.85. The van der Waals surface area contributed by atoms with Crippen LogP contribution in [-0.2, 0) is 0 Å². The van der Waals surface area contributed by atoms with E-state index >= 15 is 0 Å². The van der Waals surface area contributed by atoms with Gasteiger partial charge in [0.2, 0.25) is 0 Å². The van der Waals surface area contributed by atoms with E-state index in [1.54, 1.807) is 0 Å². The minimum Gasteiger partial charge on any atom is -0.316 e. The van der Waals surface area contributed by atoms with E-state index in [0.29, 0.717) is 10.8 Å². The molecule has 124 valence electrons. The molecule has 0 spiro atoms. The molecule has 1 aliphatic carbocycles. The molecule has 1 unspecified atom stereocenters. The van der Waals surface area contributed by atoms with Gasteiger partial charge in [0.25, 0.3) is 0 Å². The third-order valence-electron chi connectivity index (χ3n) is 5.85. The van der Waals surface area contributed by atoms with Crippen molar-refractivity contribution < 1.29 is 0 Å². The van der Waals surface area contributed by atoms with Crippen molar-refractivity contribution in [1.29, 1.82) is 0 Å². The number of rotatable bonds is 8. The highest BCUT2D eigenvalue weighted by Crippen LogP contribution is 2.43. The minimum atomic E-state index is 0.532. The second-order valence-electron chi connectivity index (χ2n) is 8.44. The third kappa shape index (κ3) is 4.96. The van der Waals surface area contributed by atoms with Crippen LogP contribution in [0.1, 0.15) is 78.6 Å². The molecule has 1 heterocycles. The summed E-state index contributed by atoms with van der Waals surface area (Å²) in [5.74, 6) is 0.839. The van der Waals surface area contributed by atoms with Crippen LogP contribution in [0.25, 0.3) is 0 Å². The van der Waals surface area contributed by atoms with Crippen LogP contribution in [0.15, 0.2) is 0 Å². The molecule has 0 aromatic rings. The summed E-state index contributed by atoms with van der Waals surface area (Å²) in [7, 11) is 0. The number of hydrogen-bond acceptors (Lipinski definition) is 2. The fourth-order valence-corrected chi connectivity index (χ4v) is 5.05. The zero-order chi connectivity index (χ0) is 15.2. The average Bonchev–Trinajstić information content (AvgIpc) is 2.88. The van der Waals surface area contributed by atoms with Crippen LogP contribution in [0.3, 0.4) is 0 Å². The molecule has 0 aromatic carbocycles. The van der Waals surface area contributed by atoms with E-state index in [-0.39, 0.29) is 0 Å². The van der Waals surface area contributed by atoms with Crippen molar-refractivity contribution in [3.05, 3.63) is 0 Å². The van der Waals surface area contributed by atoms with Gasteiger partial charge in [-0.25, -0.2) is 0 Å². The van der Waals surface area contributed by atoms with Crippen molar-refractivity contribution in [3.8, 4) is 0 Å². The summed E-state index contributed by atoms with van der Waals surface area (Å²) in [6.07, 6.45) is 12.7. The molecule has 2 N–H and O–H groups in total. The van der Waals surface area contributed by atoms with Crippen LogP contribution in [0.4, 0.5) is 0 Å². The first kappa shape index (κ1) is 17.3. The molecule has 0 amide bonds. The number of nitrogens with one attached hydrogen (secondary N) is 2. The predicted molar refractivity (Wildman–Crippen MR) is 92.7 cm³/mol. The lowest BCUT2D eigenvalue weighted by Crippen LogP contribution is -2.48. The molecule has 1 aliphatic heterocycles. The van der Waals surface area contributed by atoms with E-state index in [1.807, 2.05) is 0 Å². The highest BCUT2D eigenvalue weighted by atomic mass is 14.9. The molecule has 2 rings (SSSR count). The number of hydrogen-bond donors (Lipinski definition) is 2. The Labute approximate surface area is 132 Å². The molecule has 0 aromatic heterocycles. The lowest BCUT2D eigenvalue weighted by atomic mass is 9.75. The quantitative estimate of drug-likeness (QED) is 0.695. The van der Waals surface area contributed by atoms with E-state index in [9.17, 15) is 0 Å². The van der Waals surface area contributed by atoms with Crippen molar-refractivity contribution in [1.82, 2.24) is 10.6 Å². The summed E-state index contributed by atoms with van der Waals surface area (Å²) in [6, 6.07) is 0. The summed E-state index contributed by atoms with van der Waals surface area (Å²) >= 11 is 0. The second kappa shape index (κ2) is 7.97. The Morgan fingerprint density at radius 2 is 1.67 bits per heavy atom. The Hall–Kier alpha value is -0.0800. The van der Waals surface area contributed by atoms with Gasteiger partial charge in [-0.2, -0.15) is 0 Å². The van der Waals surface area contributed by atoms with Gasteiger partial charge in [0.1, 0.15) is 0 Å². The maximum Gasteiger partial charge on any atom is 0.00202 e. The zero-order valence-corrected chi connectivity index (χ0v) is 14.8. The largest absolute Gasteiger partial charge is 0.316 e. The van der Waals surface area contributed by atoms with E-state index < -0.39 is 0 Å². The minimum absolute atomic E-state index is 0.532. The summed E-state index contributed by atoms with van der Waals surface area (Å²) in [6.45, 7) is 12.1. The lowest BCUT2D eigenvalue weighted by molar-refractivity contribution is 0.160. The fourth-order valence-electron chi connectivity index (χ4n) is 5.05. The standard InChI is InChI=1S/C19H38N2/c1-4-8-19(11-7-12-20-15-19)16-21-14-18(13-17(2)3)9-5-6-10-18/h17,20-21H,4-16H2,1-3H3. The molecule has 21 heavy (non-hydrogen) atoms. The lowest BCUT2D eigenvalue weighted by Gasteiger charge is -2.40. The van der Waals surface area contributed by atoms with E-state index in [0.717, 1.165) is 5.92 Å². The number of piperidine rings is 1. The van der Waals surface area contributed by atoms with Crippen molar-refractivity contribution >= 4 is 0 Å². The molecule has 2 heteroatoms. The van der Waals surface area contributed by atoms with Gasteiger partial charge in [-0.3, -0.25) is 0 Å². The molecular formula is C19H38N2. The third-order valence-corrected chi connectivity index (χ3v) is 5.85. The monoisotopic (exact) mass is 294 g/mol. The summed E-state index contributed by atoms with van der Waals surface area (Å²) in [5, 5.41) is 7.57. The van der Waals surface area contributed by atoms with Gasteiger partial charge in [-0.1, -0.05) is 40.0 Å². The first-order valence-electron chi connectivity index (χ1n) is 9.51. The Morgan fingerprint density at radius 1 is 1.00 bits per heavy atom. The van der Waals surface area contributed by atoms with Crippen LogP contribution >= 0.6 is 0 Å². The molecule has 2 aliphatic rings. The van der Waals surface area contributed by atoms with Gasteiger partial charge in [0.15, 0.2) is 0 Å². The van der Waals surface area contributed by atoms with Gasteiger partial charge in [0, 0.05) is 19.6 Å². The molecule has 2 fully saturated rings. The Bertz CT molecular complexity index is 278. The molecule has 1 saturated heterocycles. The molecule has 2 nitrogen and oxygen atoms in total. The van der Waals surface area contributed by atoms with Gasteiger partial charge < -0.3 is 10.6 Å². The van der Waals surface area contributed by atoms with Gasteiger partial charge >= 0.3 is 0 Å². The van der Waals surface area contributed by atoms with Gasteiger partial charge in [0.05, 0.1) is 0 Å². The smallest absolute Gasteiger partial charge is 0.00202 e. The van der Waals surface area contributed by atoms with Crippen molar-refractivity contribution in [3.63, 3.8) is 0 Å². The van der Waals surface area contributed by atoms with Crippen LogP contribution in [0.5, 0.6) is 0 Å². The second-order valence-corrected chi connectivity index (χ2v) is 8.44. The molecule has 1 atom stereocenters. The zero-order valence-electron chi connectivity index (χ0n) is 14.8. The van der Waals surface area contributed by atoms with Crippen LogP contribution in [0.2, 0.25) is 0 Å². The Kier molecular flexibility index (Phi) is 6.55. The summed E-state index contributed by atoms with van der Waals surface area (Å²) < 4.78 is 0. The normalized spacial score (nSPS) is 29.1. The highest BCUT2D eigenvalue weighted by Gasteiger charge is 2.36. The van der Waals surface area contributed by atoms with E-state index in [2.05, 4.69) is 31.4 Å². The van der Waals surface area contributed by atoms with Crippen LogP contribution in [0, 0.1) is 16.7 Å². The topological polar surface area (TPSA) is 24.1 Å². The molecule has 0 radical (unpaired) electrons. The highest BCUT2D eigenvalue weighted by molar-refractivity contribution is 4.91. The first-order chi connectivity index (χ1) is 10.1. The predicted octanol–water partition coefficient (Wildman–Crippen LogP) is 4.35. The van der Waals surface area contributed by atoms with Gasteiger partial charge in [-0.05, 0) is 61.8 Å². The summed E-state index contributed by atoms with van der Waals surface area (Å²) in [4.78, 5) is 0. The van der Waals surface area contributed by atoms with Gasteiger partial charge in [-0.15, -0.1) is 0 Å². The van der Waals surface area contributed by atoms with Crippen molar-refractivity contribution in [2.45, 2.75) is 78.6 Å². The molecule has 0 bridgehead atoms. The van der Waals surface area contributed by atoms with E-state index in [1.165, 1.54) is 84.0 Å². The van der Waals surface area contributed by atoms with Crippen LogP contribution < -0.4 is 10.6 Å². The Morgan fingerprint density at radius 3 is 2.24 bits per heavy atom. The van der Waals surface area contributed by atoms with Crippen molar-refractivity contribution in [2.24, 2.45) is 16.7 Å².